The van der Waals surface area contributed by atoms with Crippen molar-refractivity contribution in [3.8, 4) is 11.8 Å². The van der Waals surface area contributed by atoms with E-state index in [1.165, 1.54) is 12.1 Å². The number of fused-ring (bicyclic) bond motifs is 2. The molecule has 3 fully saturated rings. The van der Waals surface area contributed by atoms with E-state index in [-0.39, 0.29) is 22.9 Å². The molecule has 3 atom stereocenters. The number of halogens is 2. The average Bonchev–Trinajstić information content (AvgIpc) is 3.21. The third-order valence-electron chi connectivity index (χ3n) is 6.85. The number of aryl methyl sites for hydroxylation is 1. The summed E-state index contributed by atoms with van der Waals surface area (Å²) in [4.78, 5) is 15.7. The second-order valence-electron chi connectivity index (χ2n) is 9.25. The second kappa shape index (κ2) is 8.66. The van der Waals surface area contributed by atoms with Crippen LogP contribution in [0.2, 0.25) is 5.02 Å². The van der Waals surface area contributed by atoms with Crippen LogP contribution >= 0.6 is 11.6 Å². The van der Waals surface area contributed by atoms with Crippen molar-refractivity contribution in [2.24, 2.45) is 11.8 Å². The van der Waals surface area contributed by atoms with E-state index in [1.807, 2.05) is 13.0 Å². The van der Waals surface area contributed by atoms with Gasteiger partial charge in [0.15, 0.2) is 0 Å². The van der Waals surface area contributed by atoms with Crippen LogP contribution in [-0.4, -0.2) is 57.1 Å². The Morgan fingerprint density at radius 3 is 2.59 bits per heavy atom. The Balaban J connectivity index is 1.21. The van der Waals surface area contributed by atoms with Crippen LogP contribution < -0.4 is 15.0 Å². The zero-order valence-corrected chi connectivity index (χ0v) is 19.5. The van der Waals surface area contributed by atoms with Crippen LogP contribution in [0.15, 0.2) is 30.6 Å². The number of benzene rings is 1. The fourth-order valence-corrected chi connectivity index (χ4v) is 5.35. The van der Waals surface area contributed by atoms with Crippen LogP contribution in [0, 0.1) is 24.6 Å². The highest BCUT2D eigenvalue weighted by Gasteiger charge is 2.43. The van der Waals surface area contributed by atoms with Crippen LogP contribution in [0.4, 0.5) is 16.2 Å². The van der Waals surface area contributed by atoms with Crippen LogP contribution in [0.5, 0.6) is 11.8 Å². The number of piperidine rings is 1. The molecule has 1 aliphatic carbocycles. The monoisotopic (exact) mass is 485 g/mol. The summed E-state index contributed by atoms with van der Waals surface area (Å²) < 4.78 is 26.7. The van der Waals surface area contributed by atoms with Gasteiger partial charge < -0.3 is 19.7 Å². The number of nitrogens with zero attached hydrogens (tertiary/aromatic N) is 6. The molecule has 2 saturated heterocycles. The summed E-state index contributed by atoms with van der Waals surface area (Å²) in [7, 11) is 0. The van der Waals surface area contributed by atoms with Crippen molar-refractivity contribution in [1.82, 2.24) is 24.7 Å². The Bertz CT molecular complexity index is 1170. The summed E-state index contributed by atoms with van der Waals surface area (Å²) in [6.45, 7) is 4.90. The first kappa shape index (κ1) is 21.5. The zero-order valence-electron chi connectivity index (χ0n) is 18.7. The van der Waals surface area contributed by atoms with Crippen molar-refractivity contribution in [2.45, 2.75) is 31.8 Å². The number of aromatic nitrogens is 5. The molecule has 0 radical (unpaired) electrons. The van der Waals surface area contributed by atoms with Gasteiger partial charge in [0.05, 0.1) is 13.2 Å². The van der Waals surface area contributed by atoms with Crippen LogP contribution in [0.1, 0.15) is 24.6 Å². The number of nitrogens with one attached hydrogen (secondary N) is 1. The summed E-state index contributed by atoms with van der Waals surface area (Å²) in [5, 5.41) is 8.51. The molecular weight excluding hydrogens is 461 g/mol. The predicted octanol–water partition coefficient (Wildman–Crippen LogP) is 3.86. The summed E-state index contributed by atoms with van der Waals surface area (Å²) in [6, 6.07) is 6.69. The van der Waals surface area contributed by atoms with Gasteiger partial charge in [0.2, 0.25) is 5.95 Å². The van der Waals surface area contributed by atoms with Crippen LogP contribution in [0.25, 0.3) is 0 Å². The zero-order chi connectivity index (χ0) is 23.2. The molecule has 3 aromatic rings. The van der Waals surface area contributed by atoms with E-state index in [0.717, 1.165) is 37.4 Å². The lowest BCUT2D eigenvalue weighted by Crippen LogP contribution is -2.48. The van der Waals surface area contributed by atoms with Gasteiger partial charge in [-0.05, 0) is 43.7 Å². The average molecular weight is 486 g/mol. The predicted molar refractivity (Wildman–Crippen MR) is 124 cm³/mol. The van der Waals surface area contributed by atoms with E-state index in [9.17, 15) is 4.39 Å². The summed E-state index contributed by atoms with van der Waals surface area (Å²) in [5.74, 6) is 2.22. The van der Waals surface area contributed by atoms with Crippen molar-refractivity contribution >= 4 is 23.4 Å². The van der Waals surface area contributed by atoms with E-state index in [4.69, 9.17) is 21.1 Å². The highest BCUT2D eigenvalue weighted by molar-refractivity contribution is 6.30. The Morgan fingerprint density at radius 2 is 1.91 bits per heavy atom. The van der Waals surface area contributed by atoms with Gasteiger partial charge in [-0.25, -0.2) is 19.0 Å². The number of hydrogen-bond acceptors (Lipinski definition) is 8. The van der Waals surface area contributed by atoms with E-state index >= 15 is 0 Å². The first-order valence-corrected chi connectivity index (χ1v) is 11.9. The number of ether oxygens (including phenoxy) is 2. The smallest absolute Gasteiger partial charge is 0.322 e. The molecule has 0 amide bonds. The second-order valence-corrected chi connectivity index (χ2v) is 9.69. The molecule has 0 spiro atoms. The minimum absolute atomic E-state index is 0.0293. The Labute approximate surface area is 201 Å². The van der Waals surface area contributed by atoms with Crippen LogP contribution in [0.3, 0.4) is 0 Å². The molecule has 3 aliphatic rings. The first-order valence-electron chi connectivity index (χ1n) is 11.5. The first-order chi connectivity index (χ1) is 16.5. The third kappa shape index (κ3) is 4.16. The minimum atomic E-state index is -0.471. The van der Waals surface area contributed by atoms with Gasteiger partial charge in [-0.15, -0.1) is 5.10 Å². The molecule has 4 heterocycles. The molecular formula is C23H25ClFN7O2. The molecule has 2 bridgehead atoms. The van der Waals surface area contributed by atoms with Gasteiger partial charge in [0.1, 0.15) is 29.8 Å². The molecule has 1 aromatic carbocycles. The summed E-state index contributed by atoms with van der Waals surface area (Å²) in [6.07, 6.45) is 3.92. The minimum Gasteiger partial charge on any atom is -0.424 e. The number of anilines is 2. The Hall–Kier alpha value is -2.98. The lowest BCUT2D eigenvalue weighted by molar-refractivity contribution is -0.0312. The van der Waals surface area contributed by atoms with Gasteiger partial charge in [-0.3, -0.25) is 0 Å². The Kier molecular flexibility index (Phi) is 5.49. The lowest BCUT2D eigenvalue weighted by Gasteiger charge is -2.38. The maximum absolute atomic E-state index is 13.8. The van der Waals surface area contributed by atoms with E-state index < -0.39 is 5.82 Å². The fourth-order valence-electron chi connectivity index (χ4n) is 5.14. The van der Waals surface area contributed by atoms with Crippen molar-refractivity contribution in [2.75, 3.05) is 36.5 Å². The number of hydrogen-bond donors (Lipinski definition) is 1. The summed E-state index contributed by atoms with van der Waals surface area (Å²) in [5.41, 5.74) is 0.972. The molecule has 1 N–H and O–H groups in total. The van der Waals surface area contributed by atoms with Crippen molar-refractivity contribution < 1.29 is 13.9 Å². The maximum atomic E-state index is 13.8. The number of rotatable bonds is 6. The molecule has 0 unspecified atom stereocenters. The SMILES string of the molecule is Cc1cc(N2C[C@H]3CC[C@@H](C2)[C@H]3Nc2nc(Oc3cc(F)cc(Cl)c3)n(C3COC3)n2)ncn1. The van der Waals surface area contributed by atoms with Gasteiger partial charge in [0.25, 0.3) is 0 Å². The standard InChI is InChI=1S/C23H25ClFN7O2/c1-13-4-20(27-12-26-13)31-8-14-2-3-15(9-31)21(14)28-22-29-23(32(30-22)18-10-33-11-18)34-19-6-16(24)5-17(25)7-19/h4-7,12,14-15,18,21H,2-3,8-11H2,1H3,(H,28,30)/t14-,15+,21+. The third-order valence-corrected chi connectivity index (χ3v) is 7.07. The van der Waals surface area contributed by atoms with Crippen molar-refractivity contribution in [3.05, 3.63) is 47.1 Å². The lowest BCUT2D eigenvalue weighted by atomic mass is 9.92. The molecule has 11 heteroatoms. The molecule has 178 valence electrons. The Morgan fingerprint density at radius 1 is 1.12 bits per heavy atom. The van der Waals surface area contributed by atoms with Gasteiger partial charge in [-0.2, -0.15) is 4.98 Å². The normalized spacial score (nSPS) is 24.2. The largest absolute Gasteiger partial charge is 0.424 e. The van der Waals surface area contributed by atoms with Crippen molar-refractivity contribution in [1.29, 1.82) is 0 Å². The van der Waals surface area contributed by atoms with Crippen molar-refractivity contribution in [3.63, 3.8) is 0 Å². The molecule has 9 nitrogen and oxygen atoms in total. The van der Waals surface area contributed by atoms with E-state index in [1.54, 1.807) is 17.1 Å². The van der Waals surface area contributed by atoms with Gasteiger partial charge >= 0.3 is 6.01 Å². The topological polar surface area (TPSA) is 90.2 Å². The molecule has 1 saturated carbocycles. The van der Waals surface area contributed by atoms with Gasteiger partial charge in [-0.1, -0.05) is 11.6 Å². The summed E-state index contributed by atoms with van der Waals surface area (Å²) >= 11 is 5.99. The fraction of sp³-hybridized carbons (Fsp3) is 0.478. The molecule has 6 rings (SSSR count). The highest BCUT2D eigenvalue weighted by Crippen LogP contribution is 2.40. The van der Waals surface area contributed by atoms with E-state index in [0.29, 0.717) is 37.0 Å². The maximum Gasteiger partial charge on any atom is 0.322 e. The van der Waals surface area contributed by atoms with Crippen LogP contribution in [-0.2, 0) is 4.74 Å². The quantitative estimate of drug-likeness (QED) is 0.563. The van der Waals surface area contributed by atoms with E-state index in [2.05, 4.69) is 30.3 Å². The molecule has 2 aromatic heterocycles. The highest BCUT2D eigenvalue weighted by atomic mass is 35.5. The molecule has 34 heavy (non-hydrogen) atoms. The molecule has 2 aliphatic heterocycles. The van der Waals surface area contributed by atoms with Gasteiger partial charge in [0, 0.05) is 42.0 Å².